The summed E-state index contributed by atoms with van der Waals surface area (Å²) in [6.07, 6.45) is 9.21. The molecule has 0 radical (unpaired) electrons. The number of carbonyl (C=O) groups excluding carboxylic acids is 1. The SMILES string of the molecule is C#Cc1cccc2cc(C(=O)N[C@@H]3CC4CCN(CC4)C3)ccc12. The molecule has 3 heterocycles. The smallest absolute Gasteiger partial charge is 0.251 e. The normalized spacial score (nSPS) is 25.9. The quantitative estimate of drug-likeness (QED) is 0.863. The lowest BCUT2D eigenvalue weighted by Gasteiger charge is -2.26. The van der Waals surface area contributed by atoms with Crippen LogP contribution < -0.4 is 5.32 Å². The molecule has 3 saturated heterocycles. The zero-order chi connectivity index (χ0) is 16.5. The highest BCUT2D eigenvalue weighted by molar-refractivity contribution is 5.99. The Morgan fingerprint density at radius 1 is 1.21 bits per heavy atom. The van der Waals surface area contributed by atoms with Crippen LogP contribution in [0.25, 0.3) is 10.8 Å². The summed E-state index contributed by atoms with van der Waals surface area (Å²) < 4.78 is 0. The lowest BCUT2D eigenvalue weighted by molar-refractivity contribution is 0.0929. The average Bonchev–Trinajstić information content (AvgIpc) is 2.93. The molecular weight excluding hydrogens is 296 g/mol. The predicted molar refractivity (Wildman–Crippen MR) is 96.9 cm³/mol. The standard InChI is InChI=1S/C21H22N2O/c1-2-16-4-3-5-17-13-18(6-7-20(16)17)21(24)22-19-12-15-8-10-23(14-19)11-9-15/h1,3-7,13,15,19H,8-12,14H2,(H,22,24)/t19-/m1/s1. The van der Waals surface area contributed by atoms with Gasteiger partial charge in [-0.15, -0.1) is 6.42 Å². The van der Waals surface area contributed by atoms with E-state index < -0.39 is 0 Å². The number of carbonyl (C=O) groups is 1. The van der Waals surface area contributed by atoms with Gasteiger partial charge < -0.3 is 10.2 Å². The van der Waals surface area contributed by atoms with Crippen LogP contribution in [0, 0.1) is 18.3 Å². The molecule has 3 aliphatic rings. The maximum atomic E-state index is 12.7. The average molecular weight is 318 g/mol. The lowest BCUT2D eigenvalue weighted by Crippen LogP contribution is -2.41. The predicted octanol–water partition coefficient (Wildman–Crippen LogP) is 3.04. The van der Waals surface area contributed by atoms with E-state index in [9.17, 15) is 4.79 Å². The molecule has 0 spiro atoms. The van der Waals surface area contributed by atoms with Crippen LogP contribution in [0.4, 0.5) is 0 Å². The molecule has 0 aliphatic carbocycles. The number of rotatable bonds is 2. The fourth-order valence-corrected chi connectivity index (χ4v) is 4.12. The van der Waals surface area contributed by atoms with E-state index in [1.165, 1.54) is 25.9 Å². The van der Waals surface area contributed by atoms with Gasteiger partial charge in [-0.1, -0.05) is 24.1 Å². The molecule has 0 unspecified atom stereocenters. The molecule has 1 atom stereocenters. The molecule has 0 aromatic heterocycles. The van der Waals surface area contributed by atoms with Crippen molar-refractivity contribution >= 4 is 16.7 Å². The van der Waals surface area contributed by atoms with Gasteiger partial charge in [0, 0.05) is 23.7 Å². The van der Waals surface area contributed by atoms with Gasteiger partial charge in [0.15, 0.2) is 0 Å². The first-order valence-corrected chi connectivity index (χ1v) is 8.75. The van der Waals surface area contributed by atoms with E-state index in [1.807, 2.05) is 36.4 Å². The zero-order valence-electron chi connectivity index (χ0n) is 13.8. The first-order valence-electron chi connectivity index (χ1n) is 8.75. The van der Waals surface area contributed by atoms with E-state index >= 15 is 0 Å². The minimum atomic E-state index is 0.0236. The number of piperidine rings is 1. The second kappa shape index (κ2) is 6.30. The van der Waals surface area contributed by atoms with Gasteiger partial charge in [0.1, 0.15) is 0 Å². The number of terminal acetylenes is 1. The monoisotopic (exact) mass is 318 g/mol. The minimum absolute atomic E-state index is 0.0236. The summed E-state index contributed by atoms with van der Waals surface area (Å²) in [5, 5.41) is 5.29. The number of fused-ring (bicyclic) bond motifs is 5. The molecule has 24 heavy (non-hydrogen) atoms. The first kappa shape index (κ1) is 15.2. The lowest BCUT2D eigenvalue weighted by atomic mass is 9.94. The first-order chi connectivity index (χ1) is 11.7. The van der Waals surface area contributed by atoms with Crippen molar-refractivity contribution in [1.29, 1.82) is 0 Å². The van der Waals surface area contributed by atoms with Crippen LogP contribution in [-0.4, -0.2) is 36.5 Å². The second-order valence-corrected chi connectivity index (χ2v) is 7.04. The number of nitrogens with one attached hydrogen (secondary N) is 1. The third kappa shape index (κ3) is 2.90. The van der Waals surface area contributed by atoms with Crippen molar-refractivity contribution in [1.82, 2.24) is 10.2 Å². The van der Waals surface area contributed by atoms with Crippen molar-refractivity contribution in [2.24, 2.45) is 5.92 Å². The number of amides is 1. The van der Waals surface area contributed by atoms with E-state index in [4.69, 9.17) is 6.42 Å². The summed E-state index contributed by atoms with van der Waals surface area (Å²) in [6.45, 7) is 3.35. The molecule has 2 bridgehead atoms. The summed E-state index contributed by atoms with van der Waals surface area (Å²) in [5.74, 6) is 3.49. The molecule has 3 heteroatoms. The van der Waals surface area contributed by atoms with Crippen molar-refractivity contribution in [2.45, 2.75) is 25.3 Å². The molecule has 3 fully saturated rings. The van der Waals surface area contributed by atoms with Gasteiger partial charge in [-0.05, 0) is 67.2 Å². The van der Waals surface area contributed by atoms with E-state index in [0.29, 0.717) is 5.56 Å². The Labute approximate surface area is 143 Å². The summed E-state index contributed by atoms with van der Waals surface area (Å²) in [4.78, 5) is 15.2. The Morgan fingerprint density at radius 2 is 2.04 bits per heavy atom. The highest BCUT2D eigenvalue weighted by Gasteiger charge is 2.29. The van der Waals surface area contributed by atoms with Crippen LogP contribution in [0.5, 0.6) is 0 Å². The Hall–Kier alpha value is -2.31. The summed E-state index contributed by atoms with van der Waals surface area (Å²) in [5.41, 5.74) is 1.58. The topological polar surface area (TPSA) is 32.3 Å². The van der Waals surface area contributed by atoms with Gasteiger partial charge >= 0.3 is 0 Å². The van der Waals surface area contributed by atoms with Gasteiger partial charge in [-0.2, -0.15) is 0 Å². The largest absolute Gasteiger partial charge is 0.348 e. The Kier molecular flexibility index (Phi) is 4.00. The molecule has 2 aromatic carbocycles. The number of hydrogen-bond donors (Lipinski definition) is 1. The second-order valence-electron chi connectivity index (χ2n) is 7.04. The Balaban J connectivity index is 1.54. The van der Waals surface area contributed by atoms with Crippen LogP contribution in [0.2, 0.25) is 0 Å². The molecule has 3 nitrogen and oxygen atoms in total. The van der Waals surface area contributed by atoms with Gasteiger partial charge in [-0.3, -0.25) is 4.79 Å². The van der Waals surface area contributed by atoms with Gasteiger partial charge in [-0.25, -0.2) is 0 Å². The van der Waals surface area contributed by atoms with Crippen LogP contribution in [0.15, 0.2) is 36.4 Å². The third-order valence-corrected chi connectivity index (χ3v) is 5.44. The Morgan fingerprint density at radius 3 is 2.83 bits per heavy atom. The maximum absolute atomic E-state index is 12.7. The third-order valence-electron chi connectivity index (χ3n) is 5.44. The number of nitrogens with zero attached hydrogens (tertiary/aromatic N) is 1. The molecule has 122 valence electrons. The van der Waals surface area contributed by atoms with Gasteiger partial charge in [0.05, 0.1) is 0 Å². The fraction of sp³-hybridized carbons (Fsp3) is 0.381. The summed E-state index contributed by atoms with van der Waals surface area (Å²) >= 11 is 0. The molecule has 5 rings (SSSR count). The van der Waals surface area contributed by atoms with Crippen molar-refractivity contribution in [3.05, 3.63) is 47.5 Å². The molecule has 1 amide bonds. The molecular formula is C21H22N2O. The van der Waals surface area contributed by atoms with Crippen molar-refractivity contribution in [2.75, 3.05) is 19.6 Å². The maximum Gasteiger partial charge on any atom is 0.251 e. The van der Waals surface area contributed by atoms with Crippen molar-refractivity contribution in [3.8, 4) is 12.3 Å². The highest BCUT2D eigenvalue weighted by Crippen LogP contribution is 2.27. The highest BCUT2D eigenvalue weighted by atomic mass is 16.1. The molecule has 1 N–H and O–H groups in total. The minimum Gasteiger partial charge on any atom is -0.348 e. The van der Waals surface area contributed by atoms with E-state index in [0.717, 1.165) is 35.2 Å². The van der Waals surface area contributed by atoms with E-state index in [2.05, 4.69) is 16.1 Å². The summed E-state index contributed by atoms with van der Waals surface area (Å²) in [7, 11) is 0. The van der Waals surface area contributed by atoms with Crippen LogP contribution in [0.3, 0.4) is 0 Å². The van der Waals surface area contributed by atoms with Crippen LogP contribution >= 0.6 is 0 Å². The van der Waals surface area contributed by atoms with Crippen LogP contribution in [0.1, 0.15) is 35.2 Å². The van der Waals surface area contributed by atoms with Crippen LogP contribution in [-0.2, 0) is 0 Å². The van der Waals surface area contributed by atoms with Gasteiger partial charge in [0.25, 0.3) is 5.91 Å². The van der Waals surface area contributed by atoms with Crippen molar-refractivity contribution < 1.29 is 4.79 Å². The molecule has 2 aromatic rings. The molecule has 0 saturated carbocycles. The van der Waals surface area contributed by atoms with E-state index in [-0.39, 0.29) is 11.9 Å². The zero-order valence-corrected chi connectivity index (χ0v) is 13.8. The van der Waals surface area contributed by atoms with E-state index in [1.54, 1.807) is 0 Å². The fourth-order valence-electron chi connectivity index (χ4n) is 4.12. The number of hydrogen-bond acceptors (Lipinski definition) is 2. The van der Waals surface area contributed by atoms with Gasteiger partial charge in [0.2, 0.25) is 0 Å². The number of benzene rings is 2. The Bertz CT molecular complexity index is 798. The van der Waals surface area contributed by atoms with Crippen molar-refractivity contribution in [3.63, 3.8) is 0 Å². The summed E-state index contributed by atoms with van der Waals surface area (Å²) in [6, 6.07) is 11.9. The molecule has 3 aliphatic heterocycles.